The molecule has 0 heterocycles. The minimum Gasteiger partial charge on any atom is -0.233 e. The Balaban J connectivity index is 3.36. The molecule has 0 aromatic heterocycles. The first-order valence-corrected chi connectivity index (χ1v) is 5.74. The van der Waals surface area contributed by atoms with Crippen LogP contribution in [0.2, 0.25) is 0 Å². The number of hydrogen-bond acceptors (Lipinski definition) is 4. The van der Waals surface area contributed by atoms with Crippen LogP contribution in [-0.2, 0) is 9.84 Å². The van der Waals surface area contributed by atoms with E-state index >= 15 is 0 Å². The maximum Gasteiger partial charge on any atom is 0.147 e. The third kappa shape index (κ3) is 9.75. The smallest absolute Gasteiger partial charge is 0.147 e. The summed E-state index contributed by atoms with van der Waals surface area (Å²) in [5.74, 6) is 0.236. The lowest BCUT2D eigenvalue weighted by Crippen LogP contribution is -2.02. The second kappa shape index (κ2) is 5.41. The summed E-state index contributed by atoms with van der Waals surface area (Å²) in [4.78, 5) is 3.66. The van der Waals surface area contributed by atoms with E-state index in [0.717, 1.165) is 6.42 Å². The van der Waals surface area contributed by atoms with E-state index in [2.05, 4.69) is 22.4 Å². The second-order valence-electron chi connectivity index (χ2n) is 2.31. The maximum absolute atomic E-state index is 10.6. The van der Waals surface area contributed by atoms with Gasteiger partial charge in [-0.25, -0.2) is 13.4 Å². The average molecular weight is 193 g/mol. The highest BCUT2D eigenvalue weighted by atomic mass is 32.2. The largest absolute Gasteiger partial charge is 0.233 e. The van der Waals surface area contributed by atoms with Gasteiger partial charge in [0.15, 0.2) is 0 Å². The third-order valence-corrected chi connectivity index (χ3v) is 2.26. The summed E-state index contributed by atoms with van der Waals surface area (Å²) >= 11 is 4.34. The lowest BCUT2D eigenvalue weighted by atomic mass is 10.3. The van der Waals surface area contributed by atoms with Gasteiger partial charge in [0.25, 0.3) is 0 Å². The summed E-state index contributed by atoms with van der Waals surface area (Å²) in [6, 6.07) is 0. The predicted molar refractivity (Wildman–Crippen MR) is 48.8 cm³/mol. The maximum atomic E-state index is 10.6. The van der Waals surface area contributed by atoms with Crippen molar-refractivity contribution in [3.63, 3.8) is 0 Å². The molecule has 0 spiro atoms. The van der Waals surface area contributed by atoms with Gasteiger partial charge in [0.05, 0.1) is 5.16 Å². The molecule has 0 aromatic rings. The van der Waals surface area contributed by atoms with Gasteiger partial charge in [0.2, 0.25) is 0 Å². The minimum atomic E-state index is -2.80. The van der Waals surface area contributed by atoms with Gasteiger partial charge in [-0.3, -0.25) is 0 Å². The molecule has 0 aliphatic rings. The van der Waals surface area contributed by atoms with Crippen molar-refractivity contribution in [2.75, 3.05) is 18.6 Å². The number of thiocarbonyl (C=S) groups is 1. The first-order chi connectivity index (χ1) is 5.06. The van der Waals surface area contributed by atoms with Crippen molar-refractivity contribution >= 4 is 27.2 Å². The first kappa shape index (κ1) is 10.8. The molecule has 3 nitrogen and oxygen atoms in total. The van der Waals surface area contributed by atoms with Crippen molar-refractivity contribution < 1.29 is 8.42 Å². The van der Waals surface area contributed by atoms with Crippen molar-refractivity contribution in [2.45, 2.75) is 12.8 Å². The van der Waals surface area contributed by atoms with Crippen LogP contribution in [0.3, 0.4) is 0 Å². The van der Waals surface area contributed by atoms with Gasteiger partial charge >= 0.3 is 0 Å². The SMILES string of the molecule is CS(=O)(=O)CCCCN=C=S. The van der Waals surface area contributed by atoms with Crippen LogP contribution in [-0.4, -0.2) is 32.1 Å². The Kier molecular flexibility index (Phi) is 5.28. The van der Waals surface area contributed by atoms with Gasteiger partial charge < -0.3 is 0 Å². The van der Waals surface area contributed by atoms with Gasteiger partial charge in [0.1, 0.15) is 9.84 Å². The summed E-state index contributed by atoms with van der Waals surface area (Å²) in [5.41, 5.74) is 0. The fourth-order valence-corrected chi connectivity index (χ4v) is 1.42. The van der Waals surface area contributed by atoms with Crippen LogP contribution in [0.4, 0.5) is 0 Å². The zero-order valence-corrected chi connectivity index (χ0v) is 8.04. The Morgan fingerprint density at radius 2 is 2.09 bits per heavy atom. The lowest BCUT2D eigenvalue weighted by Gasteiger charge is -1.94. The van der Waals surface area contributed by atoms with Gasteiger partial charge in [-0.15, -0.1) is 0 Å². The molecule has 0 aromatic carbocycles. The molecule has 0 bridgehead atoms. The quantitative estimate of drug-likeness (QED) is 0.370. The zero-order valence-electron chi connectivity index (χ0n) is 6.41. The van der Waals surface area contributed by atoms with E-state index in [-0.39, 0.29) is 5.75 Å². The Labute approximate surface area is 72.4 Å². The van der Waals surface area contributed by atoms with Crippen molar-refractivity contribution in [3.05, 3.63) is 0 Å². The molecule has 0 radical (unpaired) electrons. The number of rotatable bonds is 5. The van der Waals surface area contributed by atoms with E-state index in [1.165, 1.54) is 6.26 Å². The monoisotopic (exact) mass is 193 g/mol. The fourth-order valence-electron chi connectivity index (χ4n) is 0.601. The Morgan fingerprint density at radius 3 is 2.55 bits per heavy atom. The van der Waals surface area contributed by atoms with Crippen LogP contribution in [0.1, 0.15) is 12.8 Å². The highest BCUT2D eigenvalue weighted by Gasteiger charge is 1.99. The van der Waals surface area contributed by atoms with Gasteiger partial charge in [0, 0.05) is 18.6 Å². The topological polar surface area (TPSA) is 46.5 Å². The summed E-state index contributed by atoms with van der Waals surface area (Å²) in [6.45, 7) is 0.582. The summed E-state index contributed by atoms with van der Waals surface area (Å²) in [5, 5.41) is 2.22. The number of unbranched alkanes of at least 4 members (excludes halogenated alkanes) is 1. The molecule has 0 amide bonds. The molecule has 0 rings (SSSR count). The molecule has 0 saturated carbocycles. The summed E-state index contributed by atoms with van der Waals surface area (Å²) in [6.07, 6.45) is 2.64. The molecule has 11 heavy (non-hydrogen) atoms. The van der Waals surface area contributed by atoms with E-state index in [0.29, 0.717) is 13.0 Å². The molecule has 0 atom stereocenters. The third-order valence-electron chi connectivity index (χ3n) is 1.10. The molecular weight excluding hydrogens is 182 g/mol. The number of nitrogens with zero attached hydrogens (tertiary/aromatic N) is 1. The standard InChI is InChI=1S/C6H11NO2S2/c1-11(8,9)5-3-2-4-7-6-10/h2-5H2,1H3. The molecule has 5 heteroatoms. The molecule has 0 fully saturated rings. The normalized spacial score (nSPS) is 10.6. The Bertz CT molecular complexity index is 239. The summed E-state index contributed by atoms with van der Waals surface area (Å²) in [7, 11) is -2.80. The molecule has 64 valence electrons. The Morgan fingerprint density at radius 1 is 1.45 bits per heavy atom. The van der Waals surface area contributed by atoms with Crippen LogP contribution in [0.25, 0.3) is 0 Å². The lowest BCUT2D eigenvalue weighted by molar-refractivity contribution is 0.597. The highest BCUT2D eigenvalue weighted by Crippen LogP contribution is 1.93. The van der Waals surface area contributed by atoms with Crippen molar-refractivity contribution in [3.8, 4) is 0 Å². The fraction of sp³-hybridized carbons (Fsp3) is 0.833. The van der Waals surface area contributed by atoms with Crippen LogP contribution < -0.4 is 0 Å². The van der Waals surface area contributed by atoms with Gasteiger partial charge in [-0.05, 0) is 25.1 Å². The van der Waals surface area contributed by atoms with Crippen LogP contribution >= 0.6 is 12.2 Å². The van der Waals surface area contributed by atoms with E-state index in [1.54, 1.807) is 0 Å². The van der Waals surface area contributed by atoms with Gasteiger partial charge in [-0.2, -0.15) is 0 Å². The molecule has 0 N–H and O–H groups in total. The van der Waals surface area contributed by atoms with E-state index < -0.39 is 9.84 Å². The van der Waals surface area contributed by atoms with E-state index in [9.17, 15) is 8.42 Å². The van der Waals surface area contributed by atoms with Crippen LogP contribution in [0, 0.1) is 0 Å². The average Bonchev–Trinajstić information content (AvgIpc) is 1.85. The molecule has 0 aliphatic carbocycles. The molecule has 0 saturated heterocycles. The highest BCUT2D eigenvalue weighted by molar-refractivity contribution is 7.90. The first-order valence-electron chi connectivity index (χ1n) is 3.27. The number of aliphatic imine (C=N–C) groups is 1. The van der Waals surface area contributed by atoms with Crippen molar-refractivity contribution in [1.82, 2.24) is 0 Å². The zero-order chi connectivity index (χ0) is 8.74. The predicted octanol–water partition coefficient (Wildman–Crippen LogP) is 0.914. The van der Waals surface area contributed by atoms with Crippen molar-refractivity contribution in [1.29, 1.82) is 0 Å². The van der Waals surface area contributed by atoms with Gasteiger partial charge in [-0.1, -0.05) is 0 Å². The molecule has 0 aliphatic heterocycles. The van der Waals surface area contributed by atoms with Crippen molar-refractivity contribution in [2.24, 2.45) is 4.99 Å². The van der Waals surface area contributed by atoms with Crippen LogP contribution in [0.5, 0.6) is 0 Å². The minimum absolute atomic E-state index is 0.236. The Hall–Kier alpha value is -0.250. The van der Waals surface area contributed by atoms with E-state index in [4.69, 9.17) is 0 Å². The number of sulfone groups is 1. The second-order valence-corrected chi connectivity index (χ2v) is 4.75. The molecule has 0 unspecified atom stereocenters. The van der Waals surface area contributed by atoms with Crippen LogP contribution in [0.15, 0.2) is 4.99 Å². The number of hydrogen-bond donors (Lipinski definition) is 0. The number of isothiocyanates is 1. The summed E-state index contributed by atoms with van der Waals surface area (Å²) < 4.78 is 21.2. The van der Waals surface area contributed by atoms with E-state index in [1.807, 2.05) is 0 Å². The molecular formula is C6H11NO2S2.